The summed E-state index contributed by atoms with van der Waals surface area (Å²) in [6.45, 7) is 11.6. The quantitative estimate of drug-likeness (QED) is 0.524. The first-order chi connectivity index (χ1) is 15.3. The Kier molecular flexibility index (Phi) is 6.70. The highest BCUT2D eigenvalue weighted by atomic mass is 19.1. The number of nitrogens with zero attached hydrogens (tertiary/aromatic N) is 2. The van der Waals surface area contributed by atoms with E-state index in [1.54, 1.807) is 45.2 Å². The Bertz CT molecular complexity index is 1230. The van der Waals surface area contributed by atoms with Gasteiger partial charge in [-0.05, 0) is 68.5 Å². The maximum Gasteiger partial charge on any atom is 0.419 e. The van der Waals surface area contributed by atoms with Crippen molar-refractivity contribution in [3.05, 3.63) is 64.0 Å². The SMILES string of the molecule is CONc1cccn(Cc2cc3cc(F)cc(CC(C)(C)C)c3n2C(=O)OC(C)(C)C)c1=O. The van der Waals surface area contributed by atoms with Gasteiger partial charge in [-0.15, -0.1) is 0 Å². The smallest absolute Gasteiger partial charge is 0.419 e. The zero-order chi connectivity index (χ0) is 24.6. The van der Waals surface area contributed by atoms with Crippen molar-refractivity contribution in [3.8, 4) is 0 Å². The number of halogens is 1. The average Bonchev–Trinajstić information content (AvgIpc) is 3.00. The number of ether oxygens (including phenoxy) is 1. The molecule has 0 saturated heterocycles. The van der Waals surface area contributed by atoms with E-state index in [4.69, 9.17) is 9.57 Å². The largest absolute Gasteiger partial charge is 0.443 e. The van der Waals surface area contributed by atoms with E-state index in [0.29, 0.717) is 28.6 Å². The molecule has 0 unspecified atom stereocenters. The summed E-state index contributed by atoms with van der Waals surface area (Å²) in [4.78, 5) is 31.0. The third-order valence-corrected chi connectivity index (χ3v) is 4.88. The molecule has 0 radical (unpaired) electrons. The molecule has 1 N–H and O–H groups in total. The van der Waals surface area contributed by atoms with Crippen LogP contribution in [0.5, 0.6) is 0 Å². The summed E-state index contributed by atoms with van der Waals surface area (Å²) < 4.78 is 23.1. The van der Waals surface area contributed by atoms with E-state index in [1.165, 1.54) is 28.4 Å². The minimum Gasteiger partial charge on any atom is -0.443 e. The monoisotopic (exact) mass is 457 g/mol. The van der Waals surface area contributed by atoms with Gasteiger partial charge in [0.1, 0.15) is 17.1 Å². The number of pyridine rings is 1. The molecule has 8 heteroatoms. The lowest BCUT2D eigenvalue weighted by Gasteiger charge is -2.23. The molecule has 3 rings (SSSR count). The van der Waals surface area contributed by atoms with Gasteiger partial charge in [0.15, 0.2) is 0 Å². The number of hydrogen-bond donors (Lipinski definition) is 1. The van der Waals surface area contributed by atoms with Crippen LogP contribution in [0.4, 0.5) is 14.9 Å². The standard InChI is InChI=1S/C25H32FN3O4/c1-24(2,3)14-17-12-18(26)11-16-13-19(29(21(16)17)23(31)33-25(4,5)6)15-28-10-8-9-20(22(28)30)27-32-7/h8-13,27H,14-15H2,1-7H3. The number of aromatic nitrogens is 2. The van der Waals surface area contributed by atoms with Crippen LogP contribution in [0.25, 0.3) is 10.9 Å². The average molecular weight is 458 g/mol. The van der Waals surface area contributed by atoms with Gasteiger partial charge in [0.05, 0.1) is 24.9 Å². The Balaban J connectivity index is 2.23. The summed E-state index contributed by atoms with van der Waals surface area (Å²) in [5.74, 6) is -0.377. The molecule has 0 spiro atoms. The van der Waals surface area contributed by atoms with Gasteiger partial charge in [0.25, 0.3) is 5.56 Å². The normalized spacial score (nSPS) is 12.2. The van der Waals surface area contributed by atoms with Crippen LogP contribution >= 0.6 is 0 Å². The molecule has 3 aromatic rings. The van der Waals surface area contributed by atoms with Gasteiger partial charge in [-0.2, -0.15) is 0 Å². The predicted octanol–water partition coefficient (Wildman–Crippen LogP) is 5.34. The molecule has 0 aliphatic heterocycles. The van der Waals surface area contributed by atoms with Crippen molar-refractivity contribution >= 4 is 22.7 Å². The Labute approximate surface area is 193 Å². The summed E-state index contributed by atoms with van der Waals surface area (Å²) >= 11 is 0. The molecular weight excluding hydrogens is 425 g/mol. The van der Waals surface area contributed by atoms with Crippen LogP contribution < -0.4 is 11.0 Å². The van der Waals surface area contributed by atoms with Crippen molar-refractivity contribution < 1.29 is 18.8 Å². The van der Waals surface area contributed by atoms with E-state index in [1.807, 2.05) is 0 Å². The molecule has 7 nitrogen and oxygen atoms in total. The van der Waals surface area contributed by atoms with Gasteiger partial charge in [-0.25, -0.2) is 13.8 Å². The van der Waals surface area contributed by atoms with Gasteiger partial charge >= 0.3 is 6.09 Å². The van der Waals surface area contributed by atoms with Crippen molar-refractivity contribution in [2.75, 3.05) is 12.6 Å². The van der Waals surface area contributed by atoms with E-state index in [9.17, 15) is 14.0 Å². The molecule has 33 heavy (non-hydrogen) atoms. The second kappa shape index (κ2) is 9.02. The van der Waals surface area contributed by atoms with Crippen LogP contribution in [0.15, 0.2) is 41.3 Å². The first kappa shape index (κ1) is 24.5. The second-order valence-electron chi connectivity index (χ2n) is 10.4. The van der Waals surface area contributed by atoms with E-state index < -0.39 is 11.7 Å². The summed E-state index contributed by atoms with van der Waals surface area (Å²) in [5, 5.41) is 0.578. The van der Waals surface area contributed by atoms with E-state index in [0.717, 1.165) is 0 Å². The molecule has 0 saturated carbocycles. The zero-order valence-corrected chi connectivity index (χ0v) is 20.3. The van der Waals surface area contributed by atoms with Crippen molar-refractivity contribution in [3.63, 3.8) is 0 Å². The maximum absolute atomic E-state index is 14.5. The van der Waals surface area contributed by atoms with Crippen LogP contribution in [0.2, 0.25) is 0 Å². The highest BCUT2D eigenvalue weighted by molar-refractivity contribution is 5.93. The van der Waals surface area contributed by atoms with Crippen molar-refractivity contribution in [2.24, 2.45) is 5.41 Å². The fraction of sp³-hybridized carbons (Fsp3) is 0.440. The van der Waals surface area contributed by atoms with Crippen LogP contribution in [-0.4, -0.2) is 27.9 Å². The lowest BCUT2D eigenvalue weighted by Crippen LogP contribution is -2.30. The number of rotatable bonds is 5. The van der Waals surface area contributed by atoms with E-state index in [2.05, 4.69) is 26.3 Å². The molecule has 0 fully saturated rings. The molecule has 1 aromatic carbocycles. The number of hydrogen-bond acceptors (Lipinski definition) is 5. The van der Waals surface area contributed by atoms with Gasteiger partial charge in [0.2, 0.25) is 0 Å². The van der Waals surface area contributed by atoms with Crippen LogP contribution in [-0.2, 0) is 22.5 Å². The Morgan fingerprint density at radius 1 is 1.12 bits per heavy atom. The number of benzene rings is 1. The fourth-order valence-corrected chi connectivity index (χ4v) is 3.81. The van der Waals surface area contributed by atoms with Crippen molar-refractivity contribution in [1.82, 2.24) is 9.13 Å². The Hall–Kier alpha value is -3.13. The number of fused-ring (bicyclic) bond motifs is 1. The minimum atomic E-state index is -0.728. The summed E-state index contributed by atoms with van der Waals surface area (Å²) in [7, 11) is 1.42. The lowest BCUT2D eigenvalue weighted by atomic mass is 9.87. The molecule has 0 bridgehead atoms. The molecule has 178 valence electrons. The Morgan fingerprint density at radius 2 is 1.82 bits per heavy atom. The third kappa shape index (κ3) is 5.82. The van der Waals surface area contributed by atoms with Gasteiger partial charge in [-0.3, -0.25) is 15.1 Å². The first-order valence-corrected chi connectivity index (χ1v) is 10.8. The summed E-state index contributed by atoms with van der Waals surface area (Å²) in [5.41, 5.74) is 3.45. The number of anilines is 1. The number of carbonyl (C=O) groups excluding carboxylic acids is 1. The molecule has 0 amide bonds. The van der Waals surface area contributed by atoms with E-state index in [-0.39, 0.29) is 29.0 Å². The predicted molar refractivity (Wildman–Crippen MR) is 127 cm³/mol. The fourth-order valence-electron chi connectivity index (χ4n) is 3.81. The van der Waals surface area contributed by atoms with Crippen LogP contribution in [0.1, 0.15) is 52.8 Å². The molecule has 2 aromatic heterocycles. The topological polar surface area (TPSA) is 74.5 Å². The highest BCUT2D eigenvalue weighted by Crippen LogP contribution is 2.31. The maximum atomic E-state index is 14.5. The van der Waals surface area contributed by atoms with E-state index >= 15 is 0 Å². The number of nitrogens with one attached hydrogen (secondary N) is 1. The molecule has 0 atom stereocenters. The summed E-state index contributed by atoms with van der Waals surface area (Å²) in [6.07, 6.45) is 1.60. The summed E-state index contributed by atoms with van der Waals surface area (Å²) in [6, 6.07) is 7.90. The van der Waals surface area contributed by atoms with Crippen LogP contribution in [0, 0.1) is 11.2 Å². The van der Waals surface area contributed by atoms with Gasteiger partial charge in [0, 0.05) is 11.6 Å². The second-order valence-corrected chi connectivity index (χ2v) is 10.4. The molecule has 2 heterocycles. The molecular formula is C25H32FN3O4. The zero-order valence-electron chi connectivity index (χ0n) is 20.3. The van der Waals surface area contributed by atoms with Gasteiger partial charge < -0.3 is 9.30 Å². The lowest BCUT2D eigenvalue weighted by molar-refractivity contribution is 0.0539. The van der Waals surface area contributed by atoms with Crippen molar-refractivity contribution in [2.45, 2.75) is 60.1 Å². The first-order valence-electron chi connectivity index (χ1n) is 10.8. The highest BCUT2D eigenvalue weighted by Gasteiger charge is 2.26. The van der Waals surface area contributed by atoms with Crippen molar-refractivity contribution in [1.29, 1.82) is 0 Å². The third-order valence-electron chi connectivity index (χ3n) is 4.88. The number of carbonyl (C=O) groups is 1. The molecule has 0 aliphatic rings. The Morgan fingerprint density at radius 3 is 2.42 bits per heavy atom. The van der Waals surface area contributed by atoms with Crippen LogP contribution in [0.3, 0.4) is 0 Å². The minimum absolute atomic E-state index is 0.0859. The molecule has 0 aliphatic carbocycles. The van der Waals surface area contributed by atoms with Gasteiger partial charge in [-0.1, -0.05) is 20.8 Å².